The van der Waals surface area contributed by atoms with E-state index < -0.39 is 11.7 Å². The van der Waals surface area contributed by atoms with Gasteiger partial charge in [-0.15, -0.1) is 0 Å². The Hall–Kier alpha value is -0.960. The lowest BCUT2D eigenvalue weighted by molar-refractivity contribution is -0.137. The van der Waals surface area contributed by atoms with Gasteiger partial charge in [-0.1, -0.05) is 29.8 Å². The van der Waals surface area contributed by atoms with Crippen molar-refractivity contribution >= 4 is 11.6 Å². The number of hydrogen-bond donors (Lipinski definition) is 0. The maximum atomic E-state index is 12.5. The van der Waals surface area contributed by atoms with Crippen LogP contribution in [0.25, 0.3) is 0 Å². The smallest absolute Gasteiger partial charge is 0.166 e. The molecule has 0 aliphatic carbocycles. The summed E-state index contributed by atoms with van der Waals surface area (Å²) in [6.45, 7) is 5.42. The van der Waals surface area contributed by atoms with Crippen LogP contribution in [-0.2, 0) is 12.6 Å². The molecule has 0 heterocycles. The molecule has 0 amide bonds. The Kier molecular flexibility index (Phi) is 3.45. The molecule has 4 heteroatoms. The van der Waals surface area contributed by atoms with Crippen molar-refractivity contribution in [3.63, 3.8) is 0 Å². The van der Waals surface area contributed by atoms with Gasteiger partial charge in [-0.25, -0.2) is 0 Å². The maximum Gasteiger partial charge on any atom is 0.417 e. The molecule has 0 nitrogen and oxygen atoms in total. The molecule has 0 bridgehead atoms. The van der Waals surface area contributed by atoms with E-state index in [2.05, 4.69) is 6.58 Å². The zero-order valence-corrected chi connectivity index (χ0v) is 8.91. The van der Waals surface area contributed by atoms with Crippen LogP contribution >= 0.6 is 11.6 Å². The third-order valence-electron chi connectivity index (χ3n) is 1.84. The first-order chi connectivity index (χ1) is 6.80. The molecule has 1 rings (SSSR count). The van der Waals surface area contributed by atoms with Gasteiger partial charge in [-0.05, 0) is 31.0 Å². The number of benzene rings is 1. The summed E-state index contributed by atoms with van der Waals surface area (Å²) in [5, 5.41) is -0.270. The molecule has 0 N–H and O–H groups in total. The first kappa shape index (κ1) is 12.1. The normalized spacial score (nSPS) is 11.5. The first-order valence-electron chi connectivity index (χ1n) is 4.30. The predicted octanol–water partition coefficient (Wildman–Crippen LogP) is 4.48. The second kappa shape index (κ2) is 4.27. The van der Waals surface area contributed by atoms with Gasteiger partial charge in [0.1, 0.15) is 0 Å². The van der Waals surface area contributed by atoms with Gasteiger partial charge in [0.15, 0.2) is 0 Å². The average Bonchev–Trinajstić information content (AvgIpc) is 2.05. The van der Waals surface area contributed by atoms with Gasteiger partial charge in [-0.3, -0.25) is 0 Å². The van der Waals surface area contributed by atoms with E-state index in [9.17, 15) is 13.2 Å². The van der Waals surface area contributed by atoms with Crippen molar-refractivity contribution < 1.29 is 13.2 Å². The summed E-state index contributed by atoms with van der Waals surface area (Å²) in [6, 6.07) is 3.91. The molecular formula is C11H10ClF3. The Morgan fingerprint density at radius 3 is 2.47 bits per heavy atom. The van der Waals surface area contributed by atoms with Crippen LogP contribution < -0.4 is 0 Å². The highest BCUT2D eigenvalue weighted by Gasteiger charge is 2.33. The Labute approximate surface area is 91.4 Å². The predicted molar refractivity (Wildman–Crippen MR) is 55.0 cm³/mol. The van der Waals surface area contributed by atoms with E-state index in [1.54, 1.807) is 13.0 Å². The van der Waals surface area contributed by atoms with Crippen molar-refractivity contribution in [2.45, 2.75) is 19.5 Å². The molecule has 0 saturated carbocycles. The molecule has 82 valence electrons. The SMILES string of the molecule is C=C(C)Cc1ccc(Cl)c(C(F)(F)F)c1. The molecule has 0 fully saturated rings. The highest BCUT2D eigenvalue weighted by Crippen LogP contribution is 2.35. The van der Waals surface area contributed by atoms with Crippen molar-refractivity contribution in [2.75, 3.05) is 0 Å². The maximum absolute atomic E-state index is 12.5. The minimum absolute atomic E-state index is 0.270. The third kappa shape index (κ3) is 3.27. The largest absolute Gasteiger partial charge is 0.417 e. The van der Waals surface area contributed by atoms with E-state index in [-0.39, 0.29) is 5.02 Å². The fraction of sp³-hybridized carbons (Fsp3) is 0.273. The van der Waals surface area contributed by atoms with Gasteiger partial charge in [0.25, 0.3) is 0 Å². The summed E-state index contributed by atoms with van der Waals surface area (Å²) in [5.41, 5.74) is 0.590. The molecule has 0 saturated heterocycles. The molecule has 0 unspecified atom stereocenters. The molecule has 0 aliphatic rings. The lowest BCUT2D eigenvalue weighted by Crippen LogP contribution is -2.06. The van der Waals surface area contributed by atoms with Crippen molar-refractivity contribution in [2.24, 2.45) is 0 Å². The van der Waals surface area contributed by atoms with Crippen LogP contribution in [0.15, 0.2) is 30.4 Å². The van der Waals surface area contributed by atoms with Crippen LogP contribution in [0.2, 0.25) is 5.02 Å². The zero-order chi connectivity index (χ0) is 11.6. The Bertz CT molecular complexity index is 380. The molecule has 1 aromatic carbocycles. The Morgan fingerprint density at radius 1 is 1.40 bits per heavy atom. The Balaban J connectivity index is 3.11. The monoisotopic (exact) mass is 234 g/mol. The molecule has 0 spiro atoms. The number of hydrogen-bond acceptors (Lipinski definition) is 0. The average molecular weight is 235 g/mol. The molecule has 1 aromatic rings. The van der Waals surface area contributed by atoms with E-state index in [1.165, 1.54) is 6.07 Å². The second-order valence-corrected chi connectivity index (χ2v) is 3.85. The topological polar surface area (TPSA) is 0 Å². The minimum Gasteiger partial charge on any atom is -0.166 e. The fourth-order valence-corrected chi connectivity index (χ4v) is 1.47. The summed E-state index contributed by atoms with van der Waals surface area (Å²) in [7, 11) is 0. The van der Waals surface area contributed by atoms with E-state index in [0.29, 0.717) is 12.0 Å². The molecule has 0 radical (unpaired) electrons. The van der Waals surface area contributed by atoms with Gasteiger partial charge < -0.3 is 0 Å². The van der Waals surface area contributed by atoms with E-state index in [0.717, 1.165) is 11.6 Å². The van der Waals surface area contributed by atoms with E-state index in [1.807, 2.05) is 0 Å². The molecule has 0 aliphatic heterocycles. The number of alkyl halides is 3. The van der Waals surface area contributed by atoms with Gasteiger partial charge in [0.05, 0.1) is 10.6 Å². The highest BCUT2D eigenvalue weighted by molar-refractivity contribution is 6.31. The molecule has 0 atom stereocenters. The van der Waals surface area contributed by atoms with Gasteiger partial charge in [0, 0.05) is 0 Å². The zero-order valence-electron chi connectivity index (χ0n) is 8.16. The summed E-state index contributed by atoms with van der Waals surface area (Å²) >= 11 is 5.47. The van der Waals surface area contributed by atoms with Crippen LogP contribution in [-0.4, -0.2) is 0 Å². The van der Waals surface area contributed by atoms with Gasteiger partial charge in [-0.2, -0.15) is 13.2 Å². The van der Waals surface area contributed by atoms with Crippen molar-refractivity contribution in [3.8, 4) is 0 Å². The Morgan fingerprint density at radius 2 is 2.00 bits per heavy atom. The van der Waals surface area contributed by atoms with Gasteiger partial charge in [0.2, 0.25) is 0 Å². The van der Waals surface area contributed by atoms with Crippen molar-refractivity contribution in [1.29, 1.82) is 0 Å². The summed E-state index contributed by atoms with van der Waals surface area (Å²) in [4.78, 5) is 0. The quantitative estimate of drug-likeness (QED) is 0.662. The third-order valence-corrected chi connectivity index (χ3v) is 2.17. The minimum atomic E-state index is -4.40. The first-order valence-corrected chi connectivity index (χ1v) is 4.68. The second-order valence-electron chi connectivity index (χ2n) is 3.45. The highest BCUT2D eigenvalue weighted by atomic mass is 35.5. The lowest BCUT2D eigenvalue weighted by Gasteiger charge is -2.10. The van der Waals surface area contributed by atoms with Crippen LogP contribution in [0.5, 0.6) is 0 Å². The molecule has 0 aromatic heterocycles. The van der Waals surface area contributed by atoms with Crippen LogP contribution in [0.3, 0.4) is 0 Å². The number of rotatable bonds is 2. The summed E-state index contributed by atoms with van der Waals surface area (Å²) in [6.07, 6.45) is -3.97. The van der Waals surface area contributed by atoms with Crippen LogP contribution in [0.1, 0.15) is 18.1 Å². The van der Waals surface area contributed by atoms with Crippen molar-refractivity contribution in [1.82, 2.24) is 0 Å². The van der Waals surface area contributed by atoms with Crippen LogP contribution in [0, 0.1) is 0 Å². The standard InChI is InChI=1S/C11H10ClF3/c1-7(2)5-8-3-4-10(12)9(6-8)11(13,14)15/h3-4,6H,1,5H2,2H3. The van der Waals surface area contributed by atoms with E-state index in [4.69, 9.17) is 11.6 Å². The number of halogens is 4. The number of allylic oxidation sites excluding steroid dienone is 1. The van der Waals surface area contributed by atoms with Crippen molar-refractivity contribution in [3.05, 3.63) is 46.5 Å². The fourth-order valence-electron chi connectivity index (χ4n) is 1.25. The molecule has 15 heavy (non-hydrogen) atoms. The summed E-state index contributed by atoms with van der Waals surface area (Å²) < 4.78 is 37.4. The van der Waals surface area contributed by atoms with Gasteiger partial charge >= 0.3 is 6.18 Å². The summed E-state index contributed by atoms with van der Waals surface area (Å²) in [5.74, 6) is 0. The van der Waals surface area contributed by atoms with E-state index >= 15 is 0 Å². The molecular weight excluding hydrogens is 225 g/mol. The lowest BCUT2D eigenvalue weighted by atomic mass is 10.0. The van der Waals surface area contributed by atoms with Crippen LogP contribution in [0.4, 0.5) is 13.2 Å².